The highest BCUT2D eigenvalue weighted by Crippen LogP contribution is 2.23. The Morgan fingerprint density at radius 1 is 1.46 bits per heavy atom. The van der Waals surface area contributed by atoms with Crippen molar-refractivity contribution in [2.24, 2.45) is 4.99 Å². The Kier molecular flexibility index (Phi) is 10.5. The molecule has 0 aliphatic carbocycles. The third-order valence-corrected chi connectivity index (χ3v) is 5.90. The maximum Gasteiger partial charge on any atom is 0.242 e. The second-order valence-corrected chi connectivity index (χ2v) is 7.85. The van der Waals surface area contributed by atoms with Crippen LogP contribution in [-0.2, 0) is 27.2 Å². The summed E-state index contributed by atoms with van der Waals surface area (Å²) >= 11 is 1.78. The number of nitrogens with zero attached hydrogens (tertiary/aromatic N) is 2. The first-order valence-electron chi connectivity index (χ1n) is 9.73. The molecule has 0 spiro atoms. The number of carbonyl (C=O) groups excluding carboxylic acids is 1. The molecule has 0 radical (unpaired) electrons. The summed E-state index contributed by atoms with van der Waals surface area (Å²) in [5, 5.41) is 8.44. The van der Waals surface area contributed by atoms with Crippen molar-refractivity contribution < 1.29 is 14.3 Å². The summed E-state index contributed by atoms with van der Waals surface area (Å²) in [7, 11) is 1.71. The molecule has 0 aromatic carbocycles. The minimum atomic E-state index is 0. The van der Waals surface area contributed by atoms with E-state index in [9.17, 15) is 4.79 Å². The van der Waals surface area contributed by atoms with E-state index in [0.29, 0.717) is 25.7 Å². The van der Waals surface area contributed by atoms with Crippen molar-refractivity contribution in [1.29, 1.82) is 0 Å². The van der Waals surface area contributed by atoms with Crippen LogP contribution in [0.5, 0.6) is 0 Å². The molecule has 2 aliphatic heterocycles. The number of amides is 1. The highest BCUT2D eigenvalue weighted by atomic mass is 127. The summed E-state index contributed by atoms with van der Waals surface area (Å²) in [6, 6.07) is 2.12. The molecule has 28 heavy (non-hydrogen) atoms. The zero-order valence-electron chi connectivity index (χ0n) is 16.4. The molecule has 0 saturated carbocycles. The van der Waals surface area contributed by atoms with Crippen LogP contribution in [0.4, 0.5) is 0 Å². The number of carbonyl (C=O) groups is 1. The zero-order valence-corrected chi connectivity index (χ0v) is 19.6. The monoisotopic (exact) mass is 522 g/mol. The van der Waals surface area contributed by atoms with E-state index >= 15 is 0 Å². The van der Waals surface area contributed by atoms with Gasteiger partial charge in [-0.2, -0.15) is 0 Å². The van der Waals surface area contributed by atoms with Crippen molar-refractivity contribution in [3.8, 4) is 0 Å². The lowest BCUT2D eigenvalue weighted by molar-refractivity contribution is -0.130. The van der Waals surface area contributed by atoms with Crippen LogP contribution in [0.2, 0.25) is 0 Å². The number of halogens is 1. The molecular weight excluding hydrogens is 491 g/mol. The Labute approximate surface area is 188 Å². The van der Waals surface area contributed by atoms with Crippen molar-refractivity contribution >= 4 is 47.2 Å². The van der Waals surface area contributed by atoms with Crippen LogP contribution in [0.15, 0.2) is 16.4 Å². The molecule has 158 valence electrons. The summed E-state index contributed by atoms with van der Waals surface area (Å²) in [5.74, 6) is 0.755. The molecule has 7 nitrogen and oxygen atoms in total. The number of hydrogen-bond donors (Lipinski definition) is 2. The third-order valence-electron chi connectivity index (χ3n) is 4.88. The van der Waals surface area contributed by atoms with Crippen LogP contribution in [0.25, 0.3) is 0 Å². The van der Waals surface area contributed by atoms with Gasteiger partial charge in [-0.1, -0.05) is 0 Å². The summed E-state index contributed by atoms with van der Waals surface area (Å²) in [4.78, 5) is 19.9. The number of nitrogens with one attached hydrogen (secondary N) is 2. The molecule has 1 atom stereocenters. The van der Waals surface area contributed by atoms with Crippen LogP contribution < -0.4 is 10.6 Å². The minimum Gasteiger partial charge on any atom is -0.379 e. The van der Waals surface area contributed by atoms with Gasteiger partial charge in [0.05, 0.1) is 19.3 Å². The molecule has 0 bridgehead atoms. The van der Waals surface area contributed by atoms with Gasteiger partial charge in [-0.3, -0.25) is 9.79 Å². The molecule has 2 N–H and O–H groups in total. The first-order valence-corrected chi connectivity index (χ1v) is 10.6. The highest BCUT2D eigenvalue weighted by molar-refractivity contribution is 14.0. The van der Waals surface area contributed by atoms with E-state index in [-0.39, 0.29) is 42.5 Å². The highest BCUT2D eigenvalue weighted by Gasteiger charge is 2.21. The first-order chi connectivity index (χ1) is 13.3. The van der Waals surface area contributed by atoms with Crippen molar-refractivity contribution in [2.75, 3.05) is 46.5 Å². The van der Waals surface area contributed by atoms with E-state index in [1.54, 1.807) is 18.4 Å². The Bertz CT molecular complexity index is 634. The molecule has 1 saturated heterocycles. The lowest BCUT2D eigenvalue weighted by atomic mass is 10.1. The fraction of sp³-hybridized carbons (Fsp3) is 0.684. The summed E-state index contributed by atoms with van der Waals surface area (Å²) in [6.45, 7) is 4.76. The molecular formula is C19H31IN4O3S. The molecule has 1 amide bonds. The quantitative estimate of drug-likeness (QED) is 0.237. The smallest absolute Gasteiger partial charge is 0.242 e. The number of aliphatic imine (C=N–C) groups is 1. The van der Waals surface area contributed by atoms with Gasteiger partial charge in [0.2, 0.25) is 5.91 Å². The van der Waals surface area contributed by atoms with Crippen molar-refractivity contribution in [1.82, 2.24) is 15.5 Å². The normalized spacial score (nSPS) is 19.1. The second-order valence-electron chi connectivity index (χ2n) is 6.85. The standard InChI is InChI=1S/C19H30N4O3S.HI/c1-20-19(21-7-3-9-25-14-16-4-2-10-26-16)22-12-18(24)23-8-5-17-15(13-23)6-11-27-17;/h6,11,16H,2-5,7-10,12-14H2,1H3,(H2,20,21,22);1H. The molecule has 3 heterocycles. The van der Waals surface area contributed by atoms with Gasteiger partial charge >= 0.3 is 0 Å². The summed E-state index contributed by atoms with van der Waals surface area (Å²) in [6.07, 6.45) is 4.36. The average molecular weight is 522 g/mol. The Balaban J connectivity index is 0.00000280. The Morgan fingerprint density at radius 2 is 2.36 bits per heavy atom. The number of fused-ring (bicyclic) bond motifs is 1. The fourth-order valence-corrected chi connectivity index (χ4v) is 4.21. The molecule has 1 unspecified atom stereocenters. The van der Waals surface area contributed by atoms with Gasteiger partial charge in [0.1, 0.15) is 0 Å². The number of hydrogen-bond acceptors (Lipinski definition) is 5. The van der Waals surface area contributed by atoms with Crippen LogP contribution in [-0.4, -0.2) is 69.4 Å². The molecule has 9 heteroatoms. The van der Waals surface area contributed by atoms with Gasteiger partial charge in [0.25, 0.3) is 0 Å². The number of rotatable bonds is 8. The predicted molar refractivity (Wildman–Crippen MR) is 123 cm³/mol. The van der Waals surface area contributed by atoms with Crippen molar-refractivity contribution in [2.45, 2.75) is 38.3 Å². The lowest BCUT2D eigenvalue weighted by Gasteiger charge is -2.27. The molecule has 1 aromatic heterocycles. The van der Waals surface area contributed by atoms with E-state index in [0.717, 1.165) is 45.4 Å². The number of ether oxygens (including phenoxy) is 2. The van der Waals surface area contributed by atoms with Gasteiger partial charge in [0, 0.05) is 44.8 Å². The second kappa shape index (κ2) is 12.6. The first kappa shape index (κ1) is 23.4. The Hall–Kier alpha value is -0.910. The van der Waals surface area contributed by atoms with E-state index in [1.165, 1.54) is 10.4 Å². The largest absolute Gasteiger partial charge is 0.379 e. The van der Waals surface area contributed by atoms with E-state index in [4.69, 9.17) is 9.47 Å². The van der Waals surface area contributed by atoms with Gasteiger partial charge < -0.3 is 25.0 Å². The SMILES string of the molecule is CN=C(NCCCOCC1CCCO1)NCC(=O)N1CCc2sccc2C1.I. The average Bonchev–Trinajstić information content (AvgIpc) is 3.37. The maximum atomic E-state index is 12.4. The molecule has 2 aliphatic rings. The number of guanidine groups is 1. The predicted octanol–water partition coefficient (Wildman–Crippen LogP) is 2.00. The van der Waals surface area contributed by atoms with E-state index < -0.39 is 0 Å². The molecule has 1 aromatic rings. The van der Waals surface area contributed by atoms with Crippen LogP contribution in [0.1, 0.15) is 29.7 Å². The topological polar surface area (TPSA) is 75.2 Å². The van der Waals surface area contributed by atoms with Gasteiger partial charge in [-0.05, 0) is 42.7 Å². The zero-order chi connectivity index (χ0) is 18.9. The summed E-state index contributed by atoms with van der Waals surface area (Å²) < 4.78 is 11.2. The fourth-order valence-electron chi connectivity index (χ4n) is 3.32. The maximum absolute atomic E-state index is 12.4. The van der Waals surface area contributed by atoms with Gasteiger partial charge in [-0.15, -0.1) is 35.3 Å². The van der Waals surface area contributed by atoms with Crippen molar-refractivity contribution in [3.05, 3.63) is 21.9 Å². The van der Waals surface area contributed by atoms with Crippen LogP contribution in [0.3, 0.4) is 0 Å². The third kappa shape index (κ3) is 7.16. The Morgan fingerprint density at radius 3 is 3.14 bits per heavy atom. The lowest BCUT2D eigenvalue weighted by Crippen LogP contribution is -2.46. The summed E-state index contributed by atoms with van der Waals surface area (Å²) in [5.41, 5.74) is 1.28. The van der Waals surface area contributed by atoms with Crippen LogP contribution in [0, 0.1) is 0 Å². The number of thiophene rings is 1. The van der Waals surface area contributed by atoms with Gasteiger partial charge in [0.15, 0.2) is 5.96 Å². The van der Waals surface area contributed by atoms with E-state index in [1.807, 2.05) is 4.90 Å². The van der Waals surface area contributed by atoms with E-state index in [2.05, 4.69) is 27.1 Å². The van der Waals surface area contributed by atoms with Crippen molar-refractivity contribution in [3.63, 3.8) is 0 Å². The molecule has 1 fully saturated rings. The van der Waals surface area contributed by atoms with Gasteiger partial charge in [-0.25, -0.2) is 0 Å². The minimum absolute atomic E-state index is 0. The van der Waals surface area contributed by atoms with Crippen LogP contribution >= 0.6 is 35.3 Å². The molecule has 3 rings (SSSR count).